The molecule has 2 saturated heterocycles. The van der Waals surface area contributed by atoms with Crippen LogP contribution in [0.3, 0.4) is 0 Å². The van der Waals surface area contributed by atoms with Gasteiger partial charge in [-0.25, -0.2) is 4.39 Å². The molecule has 2 aliphatic heterocycles. The molecule has 3 aliphatic rings. The molecule has 1 aromatic rings. The quantitative estimate of drug-likeness (QED) is 0.341. The van der Waals surface area contributed by atoms with Crippen molar-refractivity contribution in [1.29, 1.82) is 0 Å². The summed E-state index contributed by atoms with van der Waals surface area (Å²) < 4.78 is 13.7. The zero-order chi connectivity index (χ0) is 21.0. The van der Waals surface area contributed by atoms with Gasteiger partial charge in [0.05, 0.1) is 13.1 Å². The fourth-order valence-corrected chi connectivity index (χ4v) is 4.53. The molecule has 3 fully saturated rings. The summed E-state index contributed by atoms with van der Waals surface area (Å²) in [4.78, 5) is 23.9. The number of hydrogen-bond acceptors (Lipinski definition) is 3. The maximum atomic E-state index is 13.7. The predicted octanol–water partition coefficient (Wildman–Crippen LogP) is 2.68. The van der Waals surface area contributed by atoms with E-state index in [1.54, 1.807) is 12.1 Å². The first-order valence-corrected chi connectivity index (χ1v) is 11.4. The summed E-state index contributed by atoms with van der Waals surface area (Å²) in [5.74, 6) is 1.03. The van der Waals surface area contributed by atoms with Gasteiger partial charge >= 0.3 is 0 Å². The maximum Gasteiger partial charge on any atom is 0.236 e. The van der Waals surface area contributed by atoms with Gasteiger partial charge in [0.15, 0.2) is 5.96 Å². The van der Waals surface area contributed by atoms with Crippen molar-refractivity contribution < 1.29 is 9.18 Å². The fraction of sp³-hybridized carbons (Fsp3) is 0.652. The monoisotopic (exact) mass is 543 g/mol. The van der Waals surface area contributed by atoms with Crippen LogP contribution in [0.25, 0.3) is 0 Å². The van der Waals surface area contributed by atoms with Crippen molar-refractivity contribution in [2.45, 2.75) is 38.0 Å². The minimum Gasteiger partial charge on any atom is -0.357 e. The Morgan fingerprint density at radius 3 is 2.42 bits per heavy atom. The van der Waals surface area contributed by atoms with E-state index in [1.807, 2.05) is 11.0 Å². The molecule has 2 heterocycles. The number of rotatable bonds is 6. The maximum absolute atomic E-state index is 13.7. The molecule has 31 heavy (non-hydrogen) atoms. The molecule has 1 amide bonds. The summed E-state index contributed by atoms with van der Waals surface area (Å²) in [6, 6.07) is 6.98. The first kappa shape index (κ1) is 24.2. The first-order chi connectivity index (χ1) is 14.6. The zero-order valence-corrected chi connectivity index (χ0v) is 20.8. The summed E-state index contributed by atoms with van der Waals surface area (Å²) in [5, 5.41) is 3.42. The van der Waals surface area contributed by atoms with Gasteiger partial charge in [-0.2, -0.15) is 0 Å². The van der Waals surface area contributed by atoms with Gasteiger partial charge in [0, 0.05) is 51.2 Å². The van der Waals surface area contributed by atoms with E-state index >= 15 is 0 Å². The van der Waals surface area contributed by atoms with Crippen LogP contribution in [0.4, 0.5) is 4.39 Å². The van der Waals surface area contributed by atoms with E-state index < -0.39 is 0 Å². The van der Waals surface area contributed by atoms with E-state index in [0.29, 0.717) is 13.1 Å². The van der Waals surface area contributed by atoms with Crippen LogP contribution in [0.15, 0.2) is 29.3 Å². The number of guanidine groups is 1. The van der Waals surface area contributed by atoms with E-state index in [-0.39, 0.29) is 41.1 Å². The van der Waals surface area contributed by atoms with Gasteiger partial charge in [-0.1, -0.05) is 12.1 Å². The highest BCUT2D eigenvalue weighted by Gasteiger charge is 2.44. The molecule has 4 rings (SSSR count). The summed E-state index contributed by atoms with van der Waals surface area (Å²) in [5.41, 5.74) is 1.06. The third-order valence-electron chi connectivity index (χ3n) is 6.65. The van der Waals surface area contributed by atoms with E-state index in [1.165, 1.54) is 6.07 Å². The molecular formula is C23H35FIN5O. The van der Waals surface area contributed by atoms with Crippen LogP contribution >= 0.6 is 24.0 Å². The molecule has 8 heteroatoms. The van der Waals surface area contributed by atoms with Crippen LogP contribution in [-0.4, -0.2) is 85.5 Å². The molecule has 0 aromatic heterocycles. The molecule has 1 aromatic carbocycles. The number of nitrogens with zero attached hydrogens (tertiary/aromatic N) is 4. The standard InChI is InChI=1S/C23H34FN5O.HI/c1-2-25-22(26-18-23(8-9-23)19-6-5-7-20(24)16-19)29-14-12-27(13-15-29)17-21(30)28-10-3-4-11-28;/h5-7,16H,2-4,8-15,17-18H2,1H3,(H,25,26);1H. The number of likely N-dealkylation sites (tertiary alicyclic amines) is 1. The lowest BCUT2D eigenvalue weighted by Gasteiger charge is -2.36. The van der Waals surface area contributed by atoms with E-state index in [2.05, 4.69) is 22.0 Å². The smallest absolute Gasteiger partial charge is 0.236 e. The van der Waals surface area contributed by atoms with Gasteiger partial charge in [-0.15, -0.1) is 24.0 Å². The predicted molar refractivity (Wildman–Crippen MR) is 133 cm³/mol. The minimum absolute atomic E-state index is 0. The number of carbonyl (C=O) groups excluding carboxylic acids is 1. The molecule has 1 N–H and O–H groups in total. The highest BCUT2D eigenvalue weighted by Crippen LogP contribution is 2.48. The average molecular weight is 543 g/mol. The van der Waals surface area contributed by atoms with Crippen molar-refractivity contribution in [3.05, 3.63) is 35.6 Å². The van der Waals surface area contributed by atoms with E-state index in [4.69, 9.17) is 4.99 Å². The fourth-order valence-electron chi connectivity index (χ4n) is 4.53. The first-order valence-electron chi connectivity index (χ1n) is 11.4. The second-order valence-electron chi connectivity index (χ2n) is 8.81. The van der Waals surface area contributed by atoms with Gasteiger partial charge in [-0.3, -0.25) is 14.7 Å². The van der Waals surface area contributed by atoms with Gasteiger partial charge < -0.3 is 15.1 Å². The van der Waals surface area contributed by atoms with E-state index in [0.717, 1.165) is 83.0 Å². The SMILES string of the molecule is CCNC(=NCC1(c2cccc(F)c2)CC1)N1CCN(CC(=O)N2CCCC2)CC1.I. The lowest BCUT2D eigenvalue weighted by Crippen LogP contribution is -2.54. The number of benzene rings is 1. The average Bonchev–Trinajstić information content (AvgIpc) is 3.34. The van der Waals surface area contributed by atoms with Gasteiger partial charge in [0.2, 0.25) is 5.91 Å². The number of nitrogens with one attached hydrogen (secondary N) is 1. The normalized spacial score (nSPS) is 21.0. The van der Waals surface area contributed by atoms with Gasteiger partial charge in [0.1, 0.15) is 5.82 Å². The Morgan fingerprint density at radius 1 is 1.10 bits per heavy atom. The lowest BCUT2D eigenvalue weighted by atomic mass is 9.96. The summed E-state index contributed by atoms with van der Waals surface area (Å²) in [6.45, 7) is 9.44. The molecule has 1 aliphatic carbocycles. The van der Waals surface area contributed by atoms with Crippen molar-refractivity contribution in [2.24, 2.45) is 4.99 Å². The number of amides is 1. The molecule has 172 valence electrons. The number of aliphatic imine (C=N–C) groups is 1. The van der Waals surface area contributed by atoms with Crippen molar-refractivity contribution in [1.82, 2.24) is 20.0 Å². The Labute approximate surface area is 202 Å². The van der Waals surface area contributed by atoms with Crippen LogP contribution in [0.2, 0.25) is 0 Å². The van der Waals surface area contributed by atoms with Crippen LogP contribution < -0.4 is 5.32 Å². The number of carbonyl (C=O) groups is 1. The highest BCUT2D eigenvalue weighted by molar-refractivity contribution is 14.0. The van der Waals surface area contributed by atoms with Gasteiger partial charge in [-0.05, 0) is 50.3 Å². The Kier molecular flexibility index (Phi) is 8.55. The number of hydrogen-bond donors (Lipinski definition) is 1. The molecule has 0 spiro atoms. The second-order valence-corrected chi connectivity index (χ2v) is 8.81. The molecule has 0 unspecified atom stereocenters. The molecule has 6 nitrogen and oxygen atoms in total. The Morgan fingerprint density at radius 2 is 1.81 bits per heavy atom. The molecule has 0 bridgehead atoms. The Balaban J connectivity index is 0.00000272. The van der Waals surface area contributed by atoms with Crippen molar-refractivity contribution >= 4 is 35.8 Å². The molecular weight excluding hydrogens is 508 g/mol. The molecule has 0 radical (unpaired) electrons. The largest absolute Gasteiger partial charge is 0.357 e. The van der Waals surface area contributed by atoms with Crippen LogP contribution in [0.5, 0.6) is 0 Å². The minimum atomic E-state index is -0.172. The zero-order valence-electron chi connectivity index (χ0n) is 18.5. The molecule has 0 atom stereocenters. The lowest BCUT2D eigenvalue weighted by molar-refractivity contribution is -0.131. The topological polar surface area (TPSA) is 51.2 Å². The van der Waals surface area contributed by atoms with Crippen LogP contribution in [-0.2, 0) is 10.2 Å². The number of piperazine rings is 1. The van der Waals surface area contributed by atoms with Crippen molar-refractivity contribution in [3.63, 3.8) is 0 Å². The van der Waals surface area contributed by atoms with Crippen molar-refractivity contribution in [3.8, 4) is 0 Å². The van der Waals surface area contributed by atoms with Crippen LogP contribution in [0, 0.1) is 5.82 Å². The van der Waals surface area contributed by atoms with E-state index in [9.17, 15) is 9.18 Å². The Bertz CT molecular complexity index is 771. The second kappa shape index (κ2) is 10.9. The molecule has 1 saturated carbocycles. The third kappa shape index (κ3) is 6.09. The third-order valence-corrected chi connectivity index (χ3v) is 6.65. The Hall–Kier alpha value is -1.42. The van der Waals surface area contributed by atoms with Crippen LogP contribution in [0.1, 0.15) is 38.2 Å². The number of halogens is 2. The highest BCUT2D eigenvalue weighted by atomic mass is 127. The van der Waals surface area contributed by atoms with Crippen molar-refractivity contribution in [2.75, 3.05) is 58.9 Å². The summed E-state index contributed by atoms with van der Waals surface area (Å²) in [6.07, 6.45) is 4.40. The summed E-state index contributed by atoms with van der Waals surface area (Å²) in [7, 11) is 0. The van der Waals surface area contributed by atoms with Gasteiger partial charge in [0.25, 0.3) is 0 Å². The summed E-state index contributed by atoms with van der Waals surface area (Å²) >= 11 is 0.